The van der Waals surface area contributed by atoms with Gasteiger partial charge in [-0.05, 0) is 43.5 Å². The molecule has 36 heavy (non-hydrogen) atoms. The quantitative estimate of drug-likeness (QED) is 0.201. The number of sulfone groups is 1. The van der Waals surface area contributed by atoms with Gasteiger partial charge in [-0.3, -0.25) is 0 Å². The second-order valence-electron chi connectivity index (χ2n) is 8.92. The molecule has 1 heterocycles. The topological polar surface area (TPSA) is 97.4 Å². The van der Waals surface area contributed by atoms with Gasteiger partial charge in [-0.25, -0.2) is 13.2 Å². The molecule has 2 unspecified atom stereocenters. The fraction of sp³-hybridized carbons (Fsp3) is 0.731. The number of benzene rings is 1. The summed E-state index contributed by atoms with van der Waals surface area (Å²) in [5.41, 5.74) is 0. The third-order valence-electron chi connectivity index (χ3n) is 6.05. The van der Waals surface area contributed by atoms with E-state index in [1.165, 1.54) is 7.11 Å². The van der Waals surface area contributed by atoms with Crippen molar-refractivity contribution in [3.05, 3.63) is 28.7 Å². The molecule has 5 atom stereocenters. The van der Waals surface area contributed by atoms with Crippen LogP contribution in [0.5, 0.6) is 0 Å². The summed E-state index contributed by atoms with van der Waals surface area (Å²) < 4.78 is 57.3. The van der Waals surface area contributed by atoms with Crippen molar-refractivity contribution in [2.75, 3.05) is 32.7 Å². The summed E-state index contributed by atoms with van der Waals surface area (Å²) in [4.78, 5) is 13.0. The lowest BCUT2D eigenvalue weighted by Gasteiger charge is -2.45. The lowest BCUT2D eigenvalue weighted by atomic mass is 9.94. The highest BCUT2D eigenvalue weighted by Gasteiger charge is 2.52. The minimum absolute atomic E-state index is 0.168. The summed E-state index contributed by atoms with van der Waals surface area (Å²) in [5.74, 6) is -0.993. The molecule has 1 saturated heterocycles. The maximum Gasteiger partial charge on any atom is 0.337 e. The summed E-state index contributed by atoms with van der Waals surface area (Å²) >= 11 is 3.34. The van der Waals surface area contributed by atoms with Crippen LogP contribution in [-0.4, -0.2) is 77.6 Å². The lowest BCUT2D eigenvalue weighted by molar-refractivity contribution is -0.255. The van der Waals surface area contributed by atoms with Crippen LogP contribution >= 0.6 is 15.9 Å². The van der Waals surface area contributed by atoms with Gasteiger partial charge in [0.2, 0.25) is 0 Å². The van der Waals surface area contributed by atoms with Gasteiger partial charge in [0.1, 0.15) is 24.4 Å². The first-order chi connectivity index (χ1) is 17.3. The Balaban J connectivity index is 2.44. The third-order valence-corrected chi connectivity index (χ3v) is 8.33. The molecular weight excluding hydrogens is 552 g/mol. The Labute approximate surface area is 224 Å². The first-order valence-corrected chi connectivity index (χ1v) is 15.3. The molecule has 1 fully saturated rings. The molecule has 0 spiro atoms. The number of carbonyl (C=O) groups excluding carboxylic acids is 1. The number of halogens is 1. The average molecular weight is 594 g/mol. The first kappa shape index (κ1) is 31.2. The third kappa shape index (κ3) is 9.06. The van der Waals surface area contributed by atoms with Crippen molar-refractivity contribution in [3.63, 3.8) is 0 Å². The summed E-state index contributed by atoms with van der Waals surface area (Å²) in [7, 11) is -2.48. The fourth-order valence-corrected chi connectivity index (χ4v) is 5.68. The molecule has 8 nitrogen and oxygen atoms in total. The Morgan fingerprint density at radius 3 is 1.86 bits per heavy atom. The van der Waals surface area contributed by atoms with E-state index in [2.05, 4.69) is 29.8 Å². The van der Waals surface area contributed by atoms with E-state index >= 15 is 0 Å². The van der Waals surface area contributed by atoms with Gasteiger partial charge in [-0.15, -0.1) is 0 Å². The largest absolute Gasteiger partial charge is 0.467 e. The molecule has 0 bridgehead atoms. The smallest absolute Gasteiger partial charge is 0.337 e. The fourth-order valence-electron chi connectivity index (χ4n) is 3.97. The van der Waals surface area contributed by atoms with E-state index in [1.807, 2.05) is 6.92 Å². The molecule has 2 rings (SSSR count). The second kappa shape index (κ2) is 16.0. The van der Waals surface area contributed by atoms with Crippen molar-refractivity contribution in [2.24, 2.45) is 0 Å². The minimum atomic E-state index is -3.76. The van der Waals surface area contributed by atoms with Crippen molar-refractivity contribution in [1.29, 1.82) is 0 Å². The SMILES string of the molecule is CCCCO[C@@H]1[C@H](OCCCC)C(CS(=O)(=O)c2ccc(Br)cc2)OC(C(=O)OC)[C@H]1OCCCC. The summed E-state index contributed by atoms with van der Waals surface area (Å²) in [6.45, 7) is 7.42. The van der Waals surface area contributed by atoms with Crippen LogP contribution in [0.4, 0.5) is 0 Å². The predicted octanol–water partition coefficient (Wildman–Crippen LogP) is 4.72. The molecule has 1 aromatic carbocycles. The van der Waals surface area contributed by atoms with Crippen LogP contribution in [0.2, 0.25) is 0 Å². The molecule has 1 aromatic rings. The molecule has 1 aliphatic heterocycles. The van der Waals surface area contributed by atoms with E-state index in [0.29, 0.717) is 19.8 Å². The summed E-state index contributed by atoms with van der Waals surface area (Å²) in [6.07, 6.45) is 0.894. The maximum atomic E-state index is 13.4. The van der Waals surface area contributed by atoms with Crippen molar-refractivity contribution < 1.29 is 36.9 Å². The Hall–Kier alpha value is -1.04. The second-order valence-corrected chi connectivity index (χ2v) is 11.9. The normalized spacial score (nSPS) is 24.5. The maximum absolute atomic E-state index is 13.4. The summed E-state index contributed by atoms with van der Waals surface area (Å²) in [5, 5.41) is 0. The number of hydrogen-bond donors (Lipinski definition) is 0. The van der Waals surface area contributed by atoms with Crippen LogP contribution in [0.3, 0.4) is 0 Å². The molecule has 0 aliphatic carbocycles. The van der Waals surface area contributed by atoms with Gasteiger partial charge in [0.25, 0.3) is 0 Å². The van der Waals surface area contributed by atoms with Crippen LogP contribution in [0.25, 0.3) is 0 Å². The van der Waals surface area contributed by atoms with E-state index < -0.39 is 46.3 Å². The number of ether oxygens (including phenoxy) is 5. The standard InChI is InChI=1S/C26H41BrO8S/c1-5-8-15-32-22-21(18-36(29,30)20-13-11-19(27)12-14-20)35-25(26(28)31-4)24(34-17-10-7-3)23(22)33-16-9-6-2/h11-14,21-25H,5-10,15-18H2,1-4H3/t21?,22-,23-,24+,25?/m1/s1. The van der Waals surface area contributed by atoms with Gasteiger partial charge in [0.05, 0.1) is 17.8 Å². The van der Waals surface area contributed by atoms with Crippen LogP contribution in [0.1, 0.15) is 59.3 Å². The molecule has 1 aliphatic rings. The molecule has 0 amide bonds. The molecule has 0 radical (unpaired) electrons. The zero-order valence-corrected chi connectivity index (χ0v) is 24.2. The van der Waals surface area contributed by atoms with Crippen molar-refractivity contribution in [3.8, 4) is 0 Å². The first-order valence-electron chi connectivity index (χ1n) is 12.8. The van der Waals surface area contributed by atoms with Gasteiger partial charge in [-0.1, -0.05) is 56.0 Å². The zero-order chi connectivity index (χ0) is 26.6. The Morgan fingerprint density at radius 2 is 1.36 bits per heavy atom. The van der Waals surface area contributed by atoms with E-state index in [9.17, 15) is 13.2 Å². The van der Waals surface area contributed by atoms with Crippen molar-refractivity contribution in [1.82, 2.24) is 0 Å². The summed E-state index contributed by atoms with van der Waals surface area (Å²) in [6, 6.07) is 6.43. The Morgan fingerprint density at radius 1 is 0.861 bits per heavy atom. The van der Waals surface area contributed by atoms with Crippen LogP contribution in [0.15, 0.2) is 33.6 Å². The van der Waals surface area contributed by atoms with Crippen LogP contribution in [-0.2, 0) is 38.3 Å². The number of rotatable bonds is 16. The highest BCUT2D eigenvalue weighted by Crippen LogP contribution is 2.31. The average Bonchev–Trinajstić information content (AvgIpc) is 2.86. The van der Waals surface area contributed by atoms with Gasteiger partial charge in [-0.2, -0.15) is 0 Å². The van der Waals surface area contributed by atoms with E-state index in [-0.39, 0.29) is 10.6 Å². The van der Waals surface area contributed by atoms with E-state index in [1.54, 1.807) is 24.3 Å². The van der Waals surface area contributed by atoms with Crippen molar-refractivity contribution >= 4 is 31.7 Å². The number of esters is 1. The van der Waals surface area contributed by atoms with E-state index in [0.717, 1.165) is 43.0 Å². The number of hydrogen-bond acceptors (Lipinski definition) is 8. The van der Waals surface area contributed by atoms with Gasteiger partial charge < -0.3 is 23.7 Å². The monoisotopic (exact) mass is 592 g/mol. The van der Waals surface area contributed by atoms with Crippen molar-refractivity contribution in [2.45, 2.75) is 94.7 Å². The van der Waals surface area contributed by atoms with E-state index in [4.69, 9.17) is 23.7 Å². The predicted molar refractivity (Wildman–Crippen MR) is 141 cm³/mol. The molecule has 0 N–H and O–H groups in total. The van der Waals surface area contributed by atoms with Gasteiger partial charge >= 0.3 is 5.97 Å². The molecule has 10 heteroatoms. The Bertz CT molecular complexity index is 876. The van der Waals surface area contributed by atoms with Gasteiger partial charge in [0.15, 0.2) is 15.9 Å². The highest BCUT2D eigenvalue weighted by atomic mass is 79.9. The minimum Gasteiger partial charge on any atom is -0.467 e. The highest BCUT2D eigenvalue weighted by molar-refractivity contribution is 9.10. The molecule has 0 aromatic heterocycles. The Kier molecular flexibility index (Phi) is 13.9. The molecule has 206 valence electrons. The van der Waals surface area contributed by atoms with Gasteiger partial charge in [0, 0.05) is 24.3 Å². The molecular formula is C26H41BrO8S. The molecule has 0 saturated carbocycles. The van der Waals surface area contributed by atoms with Crippen LogP contribution in [0, 0.1) is 0 Å². The van der Waals surface area contributed by atoms with Crippen LogP contribution < -0.4 is 0 Å². The zero-order valence-electron chi connectivity index (χ0n) is 21.8. The number of carbonyl (C=O) groups is 1. The lowest BCUT2D eigenvalue weighted by Crippen LogP contribution is -2.63. The number of methoxy groups -OCH3 is 1. The number of unbranched alkanes of at least 4 members (excludes halogenated alkanes) is 3.